The lowest BCUT2D eigenvalue weighted by Gasteiger charge is -2.37. The van der Waals surface area contributed by atoms with Crippen molar-refractivity contribution in [2.45, 2.75) is 52.2 Å². The molecule has 1 aliphatic rings. The molecule has 0 fully saturated rings. The van der Waals surface area contributed by atoms with Crippen LogP contribution >= 0.6 is 0 Å². The average Bonchev–Trinajstić information content (AvgIpc) is 2.74. The third kappa shape index (κ3) is 4.05. The van der Waals surface area contributed by atoms with Crippen molar-refractivity contribution in [3.63, 3.8) is 0 Å². The molecule has 150 valence electrons. The number of aromatic hydroxyl groups is 2. The monoisotopic (exact) mass is 383 g/mol. The van der Waals surface area contributed by atoms with Gasteiger partial charge in [0.05, 0.1) is 5.60 Å². The highest BCUT2D eigenvalue weighted by molar-refractivity contribution is 5.51. The maximum Gasteiger partial charge on any atom is 0.224 e. The second kappa shape index (κ2) is 7.94. The van der Waals surface area contributed by atoms with E-state index in [-0.39, 0.29) is 11.7 Å². The van der Waals surface area contributed by atoms with Gasteiger partial charge in [0.1, 0.15) is 0 Å². The van der Waals surface area contributed by atoms with E-state index in [9.17, 15) is 20.1 Å². The normalized spacial score (nSPS) is 18.4. The molecule has 0 saturated heterocycles. The molecule has 0 radical (unpaired) electrons. The van der Waals surface area contributed by atoms with Crippen LogP contribution in [0.1, 0.15) is 41.2 Å². The highest BCUT2D eigenvalue weighted by atomic mass is 16.3. The van der Waals surface area contributed by atoms with Crippen molar-refractivity contribution in [1.29, 1.82) is 0 Å². The van der Waals surface area contributed by atoms with Gasteiger partial charge in [-0.15, -0.1) is 0 Å². The Balaban J connectivity index is 1.75. The van der Waals surface area contributed by atoms with E-state index < -0.39 is 16.8 Å². The average molecular weight is 383 g/mol. The van der Waals surface area contributed by atoms with Crippen LogP contribution in [0, 0.1) is 19.8 Å². The van der Waals surface area contributed by atoms with Gasteiger partial charge < -0.3 is 20.6 Å². The summed E-state index contributed by atoms with van der Waals surface area (Å²) in [5.41, 5.74) is 3.13. The summed E-state index contributed by atoms with van der Waals surface area (Å²) in [7, 11) is 0. The van der Waals surface area contributed by atoms with Crippen molar-refractivity contribution >= 4 is 0 Å². The van der Waals surface area contributed by atoms with Crippen LogP contribution in [0.5, 0.6) is 11.5 Å². The number of rotatable bonds is 5. The lowest BCUT2D eigenvalue weighted by atomic mass is 9.74. The minimum absolute atomic E-state index is 0.0119. The Labute approximate surface area is 165 Å². The molecule has 0 saturated carbocycles. The molecule has 3 rings (SSSR count). The van der Waals surface area contributed by atoms with Gasteiger partial charge >= 0.3 is 0 Å². The number of fused-ring (bicyclic) bond motifs is 1. The van der Waals surface area contributed by atoms with Crippen molar-refractivity contribution in [2.75, 3.05) is 6.54 Å². The first-order chi connectivity index (χ1) is 13.2. The van der Waals surface area contributed by atoms with Gasteiger partial charge in [0.2, 0.25) is 11.2 Å². The molecule has 2 aromatic carbocycles. The first-order valence-electron chi connectivity index (χ1n) is 9.76. The van der Waals surface area contributed by atoms with E-state index in [0.717, 1.165) is 11.1 Å². The smallest absolute Gasteiger partial charge is 0.224 e. The van der Waals surface area contributed by atoms with Crippen molar-refractivity contribution in [2.24, 2.45) is 5.92 Å². The summed E-state index contributed by atoms with van der Waals surface area (Å²) in [6, 6.07) is 9.53. The molecule has 0 heterocycles. The van der Waals surface area contributed by atoms with Crippen molar-refractivity contribution in [3.05, 3.63) is 68.4 Å². The van der Waals surface area contributed by atoms with Crippen molar-refractivity contribution in [1.82, 2.24) is 5.32 Å². The maximum atomic E-state index is 11.9. The van der Waals surface area contributed by atoms with Crippen LogP contribution in [0.15, 0.2) is 35.1 Å². The first-order valence-corrected chi connectivity index (χ1v) is 9.76. The second-order valence-electron chi connectivity index (χ2n) is 8.17. The highest BCUT2D eigenvalue weighted by Gasteiger charge is 2.35. The van der Waals surface area contributed by atoms with E-state index in [0.29, 0.717) is 37.9 Å². The zero-order valence-electron chi connectivity index (χ0n) is 16.7. The zero-order valence-corrected chi connectivity index (χ0v) is 16.7. The summed E-state index contributed by atoms with van der Waals surface area (Å²) in [5.74, 6) is -0.916. The van der Waals surface area contributed by atoms with Crippen molar-refractivity contribution in [3.8, 4) is 11.5 Å². The molecule has 0 bridgehead atoms. The Hall–Kier alpha value is -2.37. The number of nitrogens with one attached hydrogen (secondary N) is 1. The van der Waals surface area contributed by atoms with Gasteiger partial charge in [-0.25, -0.2) is 0 Å². The minimum Gasteiger partial charge on any atom is -0.504 e. The molecule has 0 amide bonds. The Kier molecular flexibility index (Phi) is 5.77. The molecule has 2 unspecified atom stereocenters. The zero-order chi connectivity index (χ0) is 20.5. The van der Waals surface area contributed by atoms with Gasteiger partial charge in [0, 0.05) is 18.7 Å². The van der Waals surface area contributed by atoms with Crippen LogP contribution in [0.2, 0.25) is 0 Å². The lowest BCUT2D eigenvalue weighted by molar-refractivity contribution is -0.00631. The molecular weight excluding hydrogens is 354 g/mol. The fraction of sp³-hybridized carbons (Fsp3) is 0.435. The third-order valence-electron chi connectivity index (χ3n) is 6.06. The highest BCUT2D eigenvalue weighted by Crippen LogP contribution is 2.39. The van der Waals surface area contributed by atoms with Gasteiger partial charge in [-0.1, -0.05) is 24.3 Å². The summed E-state index contributed by atoms with van der Waals surface area (Å²) >= 11 is 0. The predicted molar refractivity (Wildman–Crippen MR) is 110 cm³/mol. The molecule has 0 aliphatic heterocycles. The van der Waals surface area contributed by atoms with Crippen molar-refractivity contribution < 1.29 is 15.3 Å². The third-order valence-corrected chi connectivity index (χ3v) is 6.06. The van der Waals surface area contributed by atoms with Crippen LogP contribution < -0.4 is 10.7 Å². The molecule has 0 spiro atoms. The van der Waals surface area contributed by atoms with Crippen LogP contribution in [-0.4, -0.2) is 27.5 Å². The van der Waals surface area contributed by atoms with Gasteiger partial charge in [0.15, 0.2) is 5.75 Å². The quantitative estimate of drug-likeness (QED) is 0.637. The molecule has 5 heteroatoms. The van der Waals surface area contributed by atoms with E-state index >= 15 is 0 Å². The Bertz CT molecular complexity index is 936. The molecular formula is C23H29NO4. The number of hydrogen-bond donors (Lipinski definition) is 4. The predicted octanol–water partition coefficient (Wildman–Crippen LogP) is 2.72. The number of aryl methyl sites for hydroxylation is 2. The molecule has 2 aromatic rings. The van der Waals surface area contributed by atoms with Gasteiger partial charge in [-0.05, 0) is 74.3 Å². The number of benzene rings is 1. The fourth-order valence-electron chi connectivity index (χ4n) is 4.15. The van der Waals surface area contributed by atoms with E-state index in [4.69, 9.17) is 0 Å². The van der Waals surface area contributed by atoms with Crippen LogP contribution in [0.4, 0.5) is 0 Å². The van der Waals surface area contributed by atoms with E-state index in [1.165, 1.54) is 17.2 Å². The van der Waals surface area contributed by atoms with Crippen LogP contribution in [0.25, 0.3) is 0 Å². The fourth-order valence-corrected chi connectivity index (χ4v) is 4.15. The van der Waals surface area contributed by atoms with Gasteiger partial charge in [0.25, 0.3) is 0 Å². The molecule has 1 aliphatic carbocycles. The van der Waals surface area contributed by atoms with Crippen LogP contribution in [0.3, 0.4) is 0 Å². The Morgan fingerprint density at radius 3 is 2.54 bits per heavy atom. The summed E-state index contributed by atoms with van der Waals surface area (Å²) in [5, 5.41) is 34.6. The summed E-state index contributed by atoms with van der Waals surface area (Å²) in [6.45, 7) is 6.86. The summed E-state index contributed by atoms with van der Waals surface area (Å²) in [6.07, 6.45) is 1.75. The topological polar surface area (TPSA) is 89.8 Å². The molecule has 4 N–H and O–H groups in total. The number of aliphatic hydroxyl groups is 1. The Morgan fingerprint density at radius 2 is 1.82 bits per heavy atom. The molecule has 5 nitrogen and oxygen atoms in total. The van der Waals surface area contributed by atoms with Crippen LogP contribution in [-0.2, 0) is 19.4 Å². The Morgan fingerprint density at radius 1 is 1.11 bits per heavy atom. The standard InChI is InChI=1S/C23H29NO4/c1-14-6-4-5-7-16(14)12-24-13-23(3,28)17-8-9-18-19(11-17)15(2)10-20(25)22(27)21(18)26/h4-7,10,17,24,28H,8-9,11-13H2,1-3H3,(H2,25,26,27). The lowest BCUT2D eigenvalue weighted by Crippen LogP contribution is -2.46. The first kappa shape index (κ1) is 20.4. The largest absolute Gasteiger partial charge is 0.504 e. The second-order valence-corrected chi connectivity index (χ2v) is 8.17. The summed E-state index contributed by atoms with van der Waals surface area (Å²) in [4.78, 5) is 11.9. The molecule has 0 aromatic heterocycles. The SMILES string of the molecule is Cc1ccccc1CNCC(C)(O)C1CCc2c(O)c(O)c(=O)cc(C)c2C1. The summed E-state index contributed by atoms with van der Waals surface area (Å²) < 4.78 is 0. The minimum atomic E-state index is -0.931. The van der Waals surface area contributed by atoms with E-state index in [1.807, 2.05) is 26.0 Å². The molecule has 28 heavy (non-hydrogen) atoms. The van der Waals surface area contributed by atoms with Gasteiger partial charge in [-0.2, -0.15) is 0 Å². The van der Waals surface area contributed by atoms with E-state index in [1.54, 1.807) is 0 Å². The maximum absolute atomic E-state index is 11.9. The molecule has 2 atom stereocenters. The number of hydrogen-bond acceptors (Lipinski definition) is 5. The van der Waals surface area contributed by atoms with E-state index in [2.05, 4.69) is 24.4 Å². The van der Waals surface area contributed by atoms with Gasteiger partial charge in [-0.3, -0.25) is 4.79 Å².